The van der Waals surface area contributed by atoms with Crippen LogP contribution in [0.15, 0.2) is 30.3 Å². The summed E-state index contributed by atoms with van der Waals surface area (Å²) < 4.78 is 35.8. The normalized spacial score (nSPS) is 17.5. The molecule has 0 radical (unpaired) electrons. The Balaban J connectivity index is 1.72. The Hall–Kier alpha value is -3.60. The zero-order chi connectivity index (χ0) is 25.5. The Bertz CT molecular complexity index is 1320. The molecule has 2 N–H and O–H groups in total. The highest BCUT2D eigenvalue weighted by Gasteiger charge is 2.46. The van der Waals surface area contributed by atoms with Crippen molar-refractivity contribution in [2.24, 2.45) is 0 Å². The van der Waals surface area contributed by atoms with E-state index < -0.39 is 45.4 Å². The Morgan fingerprint density at radius 1 is 1.23 bits per heavy atom. The zero-order valence-corrected chi connectivity index (χ0v) is 20.7. The van der Waals surface area contributed by atoms with E-state index in [1.165, 1.54) is 26.2 Å². The fourth-order valence-corrected chi connectivity index (χ4v) is 5.63. The molecule has 2 heterocycles. The van der Waals surface area contributed by atoms with Crippen LogP contribution in [-0.4, -0.2) is 68.8 Å². The molecule has 0 spiro atoms. The van der Waals surface area contributed by atoms with Crippen LogP contribution in [0.4, 0.5) is 11.4 Å². The monoisotopic (exact) mass is 501 g/mol. The molecule has 35 heavy (non-hydrogen) atoms. The van der Waals surface area contributed by atoms with Gasteiger partial charge in [0.1, 0.15) is 9.84 Å². The lowest BCUT2D eigenvalue weighted by atomic mass is 10.0. The molecule has 2 atom stereocenters. The summed E-state index contributed by atoms with van der Waals surface area (Å²) in [5, 5.41) is 5.86. The second-order valence-electron chi connectivity index (χ2n) is 8.60. The molecule has 2 aromatic carbocycles. The van der Waals surface area contributed by atoms with Crippen molar-refractivity contribution in [2.45, 2.75) is 32.4 Å². The summed E-state index contributed by atoms with van der Waals surface area (Å²) in [6.07, 6.45) is 1.43. The summed E-state index contributed by atoms with van der Waals surface area (Å²) in [6.45, 7) is 3.58. The summed E-state index contributed by atoms with van der Waals surface area (Å²) in [5.74, 6) is -0.994. The van der Waals surface area contributed by atoms with Crippen molar-refractivity contribution in [1.82, 2.24) is 4.90 Å². The standard InChI is InChI=1S/C24H27N3O7S/c1-5-34-21-11-17-14(10-20(21)33-3)9-18(26-17)19(12-35(4,31)32)27-23(29)15-7-6-8-16(25-13(2)28)22(15)24(27)30/h6-8,10-11,18-19,26H,5,9,12H2,1-4H3,(H,25,28). The third-order valence-electron chi connectivity index (χ3n) is 6.00. The maximum absolute atomic E-state index is 13.5. The van der Waals surface area contributed by atoms with Crippen molar-refractivity contribution in [2.75, 3.05) is 36.4 Å². The molecule has 0 bridgehead atoms. The van der Waals surface area contributed by atoms with Crippen molar-refractivity contribution < 1.29 is 32.3 Å². The highest BCUT2D eigenvalue weighted by Crippen LogP contribution is 2.40. The number of fused-ring (bicyclic) bond motifs is 2. The summed E-state index contributed by atoms with van der Waals surface area (Å²) in [6, 6.07) is 6.62. The van der Waals surface area contributed by atoms with Gasteiger partial charge in [0.2, 0.25) is 5.91 Å². The van der Waals surface area contributed by atoms with Gasteiger partial charge in [-0.25, -0.2) is 8.42 Å². The van der Waals surface area contributed by atoms with Crippen molar-refractivity contribution in [3.63, 3.8) is 0 Å². The number of amides is 3. The number of carbonyl (C=O) groups excluding carboxylic acids is 3. The molecule has 0 aromatic heterocycles. The minimum atomic E-state index is -3.58. The quantitative estimate of drug-likeness (QED) is 0.526. The van der Waals surface area contributed by atoms with Crippen LogP contribution in [0.3, 0.4) is 0 Å². The Labute approximate surface area is 203 Å². The van der Waals surface area contributed by atoms with Gasteiger partial charge in [-0.1, -0.05) is 6.07 Å². The van der Waals surface area contributed by atoms with Crippen LogP contribution in [0.2, 0.25) is 0 Å². The average Bonchev–Trinajstić information content (AvgIpc) is 3.30. The lowest BCUT2D eigenvalue weighted by molar-refractivity contribution is -0.114. The first-order valence-electron chi connectivity index (χ1n) is 11.1. The summed E-state index contributed by atoms with van der Waals surface area (Å²) >= 11 is 0. The third-order valence-corrected chi connectivity index (χ3v) is 6.94. The minimum absolute atomic E-state index is 0.0574. The van der Waals surface area contributed by atoms with E-state index in [1.807, 2.05) is 13.0 Å². The van der Waals surface area contributed by atoms with Gasteiger partial charge in [0.05, 0.1) is 48.4 Å². The topological polar surface area (TPSA) is 131 Å². The number of hydrogen-bond donors (Lipinski definition) is 2. The maximum atomic E-state index is 13.5. The van der Waals surface area contributed by atoms with Gasteiger partial charge in [-0.2, -0.15) is 0 Å². The summed E-state index contributed by atoms with van der Waals surface area (Å²) in [5.41, 5.74) is 1.96. The summed E-state index contributed by atoms with van der Waals surface area (Å²) in [4.78, 5) is 39.5. The van der Waals surface area contributed by atoms with Crippen molar-refractivity contribution in [1.29, 1.82) is 0 Å². The second-order valence-corrected chi connectivity index (χ2v) is 10.8. The second kappa shape index (κ2) is 9.21. The zero-order valence-electron chi connectivity index (χ0n) is 19.9. The first kappa shape index (κ1) is 24.5. The van der Waals surface area contributed by atoms with E-state index in [2.05, 4.69) is 10.6 Å². The van der Waals surface area contributed by atoms with Gasteiger partial charge in [0, 0.05) is 24.9 Å². The first-order chi connectivity index (χ1) is 16.5. The Kier molecular flexibility index (Phi) is 6.46. The maximum Gasteiger partial charge on any atom is 0.264 e. The largest absolute Gasteiger partial charge is 0.493 e. The highest BCUT2D eigenvalue weighted by molar-refractivity contribution is 7.90. The predicted molar refractivity (Wildman–Crippen MR) is 130 cm³/mol. The van der Waals surface area contributed by atoms with Crippen LogP contribution in [0.25, 0.3) is 0 Å². The SMILES string of the molecule is CCOc1cc2c(cc1OC)CC(C(CS(C)(=O)=O)N1C(=O)c3cccc(NC(C)=O)c3C1=O)N2. The van der Waals surface area contributed by atoms with Gasteiger partial charge in [-0.3, -0.25) is 19.3 Å². The number of hydrogen-bond acceptors (Lipinski definition) is 8. The van der Waals surface area contributed by atoms with E-state index in [0.717, 1.165) is 16.7 Å². The van der Waals surface area contributed by atoms with Gasteiger partial charge >= 0.3 is 0 Å². The van der Waals surface area contributed by atoms with E-state index in [1.54, 1.807) is 12.1 Å². The number of imide groups is 1. The van der Waals surface area contributed by atoms with Crippen molar-refractivity contribution in [3.05, 3.63) is 47.0 Å². The molecular weight excluding hydrogens is 474 g/mol. The Morgan fingerprint density at radius 2 is 1.97 bits per heavy atom. The molecule has 3 amide bonds. The van der Waals surface area contributed by atoms with Crippen molar-refractivity contribution in [3.8, 4) is 11.5 Å². The van der Waals surface area contributed by atoms with Crippen LogP contribution in [0.1, 0.15) is 40.1 Å². The predicted octanol–water partition coefficient (Wildman–Crippen LogP) is 2.10. The highest BCUT2D eigenvalue weighted by atomic mass is 32.2. The lowest BCUT2D eigenvalue weighted by Gasteiger charge is -2.31. The van der Waals surface area contributed by atoms with Gasteiger partial charge in [-0.05, 0) is 37.1 Å². The van der Waals surface area contributed by atoms with Gasteiger partial charge in [0.25, 0.3) is 11.8 Å². The Morgan fingerprint density at radius 3 is 2.60 bits per heavy atom. The fourth-order valence-electron chi connectivity index (χ4n) is 4.63. The first-order valence-corrected chi connectivity index (χ1v) is 13.2. The van der Waals surface area contributed by atoms with Gasteiger partial charge < -0.3 is 20.1 Å². The molecule has 2 aliphatic heterocycles. The smallest absolute Gasteiger partial charge is 0.264 e. The molecule has 0 fully saturated rings. The number of nitrogens with zero attached hydrogens (tertiary/aromatic N) is 1. The molecule has 11 heteroatoms. The molecule has 4 rings (SSSR count). The van der Waals surface area contributed by atoms with Gasteiger partial charge in [-0.15, -0.1) is 0 Å². The van der Waals surface area contributed by atoms with Crippen LogP contribution in [0, 0.1) is 0 Å². The molecule has 0 aliphatic carbocycles. The van der Waals surface area contributed by atoms with Crippen LogP contribution in [-0.2, 0) is 21.1 Å². The minimum Gasteiger partial charge on any atom is -0.493 e. The number of rotatable bonds is 8. The number of sulfone groups is 1. The molecule has 2 unspecified atom stereocenters. The van der Waals surface area contributed by atoms with Crippen LogP contribution in [0.5, 0.6) is 11.5 Å². The number of anilines is 2. The molecular formula is C24H27N3O7S. The molecule has 2 aliphatic rings. The molecule has 0 saturated heterocycles. The van der Waals surface area contributed by atoms with E-state index in [0.29, 0.717) is 30.2 Å². The van der Waals surface area contributed by atoms with Crippen LogP contribution >= 0.6 is 0 Å². The number of benzene rings is 2. The average molecular weight is 502 g/mol. The third kappa shape index (κ3) is 4.68. The number of ether oxygens (including phenoxy) is 2. The van der Waals surface area contributed by atoms with E-state index >= 15 is 0 Å². The van der Waals surface area contributed by atoms with Crippen LogP contribution < -0.4 is 20.1 Å². The number of methoxy groups -OCH3 is 1. The van der Waals surface area contributed by atoms with E-state index in [-0.39, 0.29) is 16.8 Å². The summed E-state index contributed by atoms with van der Waals surface area (Å²) in [7, 11) is -2.05. The van der Waals surface area contributed by atoms with E-state index in [9.17, 15) is 22.8 Å². The number of carbonyl (C=O) groups is 3. The molecule has 186 valence electrons. The lowest BCUT2D eigenvalue weighted by Crippen LogP contribution is -2.52. The van der Waals surface area contributed by atoms with Gasteiger partial charge in [0.15, 0.2) is 11.5 Å². The molecule has 10 nitrogen and oxygen atoms in total. The fraction of sp³-hybridized carbons (Fsp3) is 0.375. The van der Waals surface area contributed by atoms with Crippen molar-refractivity contribution >= 4 is 38.9 Å². The van der Waals surface area contributed by atoms with E-state index in [4.69, 9.17) is 9.47 Å². The molecule has 0 saturated carbocycles. The molecule has 2 aromatic rings. The number of nitrogens with one attached hydrogen (secondary N) is 2.